The van der Waals surface area contributed by atoms with Crippen molar-refractivity contribution in [3.63, 3.8) is 0 Å². The van der Waals surface area contributed by atoms with Crippen molar-refractivity contribution in [1.29, 1.82) is 0 Å². The standard InChI is InChI=1S/C13H18N2O6/c1-6-3-8(9(15(19)20)4-7(6)2)14-13-12(18)11(17)10(16)5-21-13/h3-4,10-14,16-18H,5H2,1-2H3/t10-,11-,12+,13+/m0/s1. The maximum absolute atomic E-state index is 11.1. The Balaban J connectivity index is 2.27. The van der Waals surface area contributed by atoms with Gasteiger partial charge in [-0.2, -0.15) is 0 Å². The number of nitrogens with zero attached hydrogens (tertiary/aromatic N) is 1. The summed E-state index contributed by atoms with van der Waals surface area (Å²) in [5.41, 5.74) is 1.66. The number of nitro groups is 1. The lowest BCUT2D eigenvalue weighted by atomic mass is 10.0. The van der Waals surface area contributed by atoms with Gasteiger partial charge in [0.2, 0.25) is 0 Å². The van der Waals surface area contributed by atoms with Crippen LogP contribution < -0.4 is 5.32 Å². The molecular formula is C13H18N2O6. The van der Waals surface area contributed by atoms with Crippen LogP contribution in [-0.2, 0) is 4.74 Å². The molecule has 1 heterocycles. The highest BCUT2D eigenvalue weighted by Gasteiger charge is 2.38. The highest BCUT2D eigenvalue weighted by molar-refractivity contribution is 5.64. The molecule has 116 valence electrons. The van der Waals surface area contributed by atoms with Crippen LogP contribution >= 0.6 is 0 Å². The van der Waals surface area contributed by atoms with Gasteiger partial charge in [-0.3, -0.25) is 10.1 Å². The molecule has 1 fully saturated rings. The fourth-order valence-electron chi connectivity index (χ4n) is 2.15. The summed E-state index contributed by atoms with van der Waals surface area (Å²) in [7, 11) is 0. The molecule has 0 radical (unpaired) electrons. The molecule has 0 amide bonds. The van der Waals surface area contributed by atoms with E-state index >= 15 is 0 Å². The zero-order chi connectivity index (χ0) is 15.7. The normalized spacial score (nSPS) is 29.2. The largest absolute Gasteiger partial charge is 0.388 e. The smallest absolute Gasteiger partial charge is 0.292 e. The van der Waals surface area contributed by atoms with Crippen LogP contribution in [0.4, 0.5) is 11.4 Å². The molecule has 4 atom stereocenters. The fourth-order valence-corrected chi connectivity index (χ4v) is 2.15. The predicted octanol–water partition coefficient (Wildman–Crippen LogP) is 0.0625. The van der Waals surface area contributed by atoms with Crippen molar-refractivity contribution in [2.24, 2.45) is 0 Å². The van der Waals surface area contributed by atoms with E-state index in [9.17, 15) is 25.4 Å². The van der Waals surface area contributed by atoms with Gasteiger partial charge in [0.05, 0.1) is 11.5 Å². The second kappa shape index (κ2) is 5.94. The first kappa shape index (κ1) is 15.6. The summed E-state index contributed by atoms with van der Waals surface area (Å²) in [4.78, 5) is 10.6. The van der Waals surface area contributed by atoms with Crippen molar-refractivity contribution in [3.05, 3.63) is 33.4 Å². The third-order valence-electron chi connectivity index (χ3n) is 3.61. The number of hydrogen-bond acceptors (Lipinski definition) is 7. The minimum absolute atomic E-state index is 0.144. The Hall–Kier alpha value is -1.74. The third-order valence-corrected chi connectivity index (χ3v) is 3.61. The summed E-state index contributed by atoms with van der Waals surface area (Å²) in [6.45, 7) is 3.40. The van der Waals surface area contributed by atoms with Crippen LogP contribution in [-0.4, -0.2) is 51.4 Å². The lowest BCUT2D eigenvalue weighted by Gasteiger charge is -2.35. The second-order valence-corrected chi connectivity index (χ2v) is 5.16. The van der Waals surface area contributed by atoms with Gasteiger partial charge in [-0.05, 0) is 31.0 Å². The number of anilines is 1. The van der Waals surface area contributed by atoms with Gasteiger partial charge in [0.1, 0.15) is 24.0 Å². The molecule has 0 bridgehead atoms. The number of aliphatic hydroxyl groups is 3. The summed E-state index contributed by atoms with van der Waals surface area (Å²) < 4.78 is 5.19. The second-order valence-electron chi connectivity index (χ2n) is 5.16. The Labute approximate surface area is 121 Å². The molecule has 4 N–H and O–H groups in total. The molecule has 0 aliphatic carbocycles. The number of hydrogen-bond donors (Lipinski definition) is 4. The van der Waals surface area contributed by atoms with E-state index in [0.717, 1.165) is 11.1 Å². The topological polar surface area (TPSA) is 125 Å². The van der Waals surface area contributed by atoms with E-state index in [1.165, 1.54) is 6.07 Å². The van der Waals surface area contributed by atoms with Crippen molar-refractivity contribution in [2.45, 2.75) is 38.4 Å². The number of aryl methyl sites for hydroxylation is 2. The van der Waals surface area contributed by atoms with E-state index in [1.54, 1.807) is 19.9 Å². The summed E-state index contributed by atoms with van der Waals surface area (Å²) in [6, 6.07) is 3.01. The van der Waals surface area contributed by atoms with Crippen LogP contribution in [0, 0.1) is 24.0 Å². The highest BCUT2D eigenvalue weighted by Crippen LogP contribution is 2.30. The van der Waals surface area contributed by atoms with Gasteiger partial charge in [0.15, 0.2) is 6.23 Å². The van der Waals surface area contributed by atoms with Gasteiger partial charge < -0.3 is 25.4 Å². The molecule has 1 aliphatic rings. The molecule has 8 nitrogen and oxygen atoms in total. The van der Waals surface area contributed by atoms with Crippen LogP contribution in [0.1, 0.15) is 11.1 Å². The fraction of sp³-hybridized carbons (Fsp3) is 0.538. The molecule has 21 heavy (non-hydrogen) atoms. The first-order valence-corrected chi connectivity index (χ1v) is 6.49. The van der Waals surface area contributed by atoms with E-state index in [0.29, 0.717) is 0 Å². The van der Waals surface area contributed by atoms with Crippen LogP contribution in [0.25, 0.3) is 0 Å². The lowest BCUT2D eigenvalue weighted by Crippen LogP contribution is -2.55. The Kier molecular flexibility index (Phi) is 4.43. The molecule has 0 saturated carbocycles. The average Bonchev–Trinajstić information content (AvgIpc) is 2.43. The number of nitrogens with one attached hydrogen (secondary N) is 1. The zero-order valence-corrected chi connectivity index (χ0v) is 11.7. The first-order valence-electron chi connectivity index (χ1n) is 6.49. The lowest BCUT2D eigenvalue weighted by molar-refractivity contribution is -0.384. The Morgan fingerprint density at radius 1 is 1.24 bits per heavy atom. The molecule has 0 unspecified atom stereocenters. The number of nitro benzene ring substituents is 1. The van der Waals surface area contributed by atoms with Crippen LogP contribution in [0.15, 0.2) is 12.1 Å². The molecular weight excluding hydrogens is 280 g/mol. The summed E-state index contributed by atoms with van der Waals surface area (Å²) in [6.07, 6.45) is -4.99. The van der Waals surface area contributed by atoms with Crippen LogP contribution in [0.2, 0.25) is 0 Å². The molecule has 2 rings (SSSR count). The maximum Gasteiger partial charge on any atom is 0.292 e. The van der Waals surface area contributed by atoms with E-state index in [2.05, 4.69) is 5.32 Å². The summed E-state index contributed by atoms with van der Waals surface area (Å²) >= 11 is 0. The summed E-state index contributed by atoms with van der Waals surface area (Å²) in [5.74, 6) is 0. The van der Waals surface area contributed by atoms with E-state index < -0.39 is 29.5 Å². The molecule has 8 heteroatoms. The average molecular weight is 298 g/mol. The van der Waals surface area contributed by atoms with Gasteiger partial charge in [0.25, 0.3) is 5.69 Å². The minimum Gasteiger partial charge on any atom is -0.388 e. The van der Waals surface area contributed by atoms with Crippen LogP contribution in [0.3, 0.4) is 0 Å². The molecule has 1 saturated heterocycles. The number of rotatable bonds is 3. The monoisotopic (exact) mass is 298 g/mol. The van der Waals surface area contributed by atoms with Crippen molar-refractivity contribution in [1.82, 2.24) is 0 Å². The molecule has 1 aromatic carbocycles. The quantitative estimate of drug-likeness (QED) is 0.459. The van der Waals surface area contributed by atoms with Crippen LogP contribution in [0.5, 0.6) is 0 Å². The molecule has 1 aliphatic heterocycles. The summed E-state index contributed by atoms with van der Waals surface area (Å²) in [5, 5.41) is 42.7. The Bertz CT molecular complexity index is 550. The number of aliphatic hydroxyl groups excluding tert-OH is 3. The van der Waals surface area contributed by atoms with Gasteiger partial charge in [-0.1, -0.05) is 0 Å². The molecule has 0 aromatic heterocycles. The number of benzene rings is 1. The first-order chi connectivity index (χ1) is 9.81. The van der Waals surface area contributed by atoms with E-state index in [1.807, 2.05) is 0 Å². The van der Waals surface area contributed by atoms with Crippen molar-refractivity contribution in [3.8, 4) is 0 Å². The Morgan fingerprint density at radius 3 is 2.48 bits per heavy atom. The van der Waals surface area contributed by atoms with Crippen molar-refractivity contribution < 1.29 is 25.0 Å². The van der Waals surface area contributed by atoms with Crippen molar-refractivity contribution >= 4 is 11.4 Å². The SMILES string of the molecule is Cc1cc(N[C@@H]2OC[C@H](O)[C@H](O)[C@H]2O)c([N+](=O)[O-])cc1C. The molecule has 0 spiro atoms. The third kappa shape index (κ3) is 3.13. The van der Waals surface area contributed by atoms with Crippen molar-refractivity contribution in [2.75, 3.05) is 11.9 Å². The zero-order valence-electron chi connectivity index (χ0n) is 11.7. The highest BCUT2D eigenvalue weighted by atomic mass is 16.6. The van der Waals surface area contributed by atoms with Gasteiger partial charge in [-0.25, -0.2) is 0 Å². The van der Waals surface area contributed by atoms with E-state index in [4.69, 9.17) is 4.74 Å². The minimum atomic E-state index is -1.39. The van der Waals surface area contributed by atoms with Gasteiger partial charge >= 0.3 is 0 Å². The number of ether oxygens (including phenoxy) is 1. The van der Waals surface area contributed by atoms with Gasteiger partial charge in [0, 0.05) is 6.07 Å². The van der Waals surface area contributed by atoms with E-state index in [-0.39, 0.29) is 18.0 Å². The Morgan fingerprint density at radius 2 is 1.86 bits per heavy atom. The predicted molar refractivity (Wildman–Crippen MR) is 74.0 cm³/mol. The maximum atomic E-state index is 11.1. The van der Waals surface area contributed by atoms with Gasteiger partial charge in [-0.15, -0.1) is 0 Å². The molecule has 1 aromatic rings.